The smallest absolute Gasteiger partial charge is 0.273 e. The first-order chi connectivity index (χ1) is 9.56. The van der Waals surface area contributed by atoms with Gasteiger partial charge in [0.25, 0.3) is 5.91 Å². The van der Waals surface area contributed by atoms with Gasteiger partial charge in [-0.2, -0.15) is 5.10 Å². The number of hydrazone groups is 1. The Bertz CT molecular complexity index is 651. The average Bonchev–Trinajstić information content (AvgIpc) is 2.43. The predicted octanol–water partition coefficient (Wildman–Crippen LogP) is 2.99. The zero-order valence-corrected chi connectivity index (χ0v) is 11.7. The summed E-state index contributed by atoms with van der Waals surface area (Å²) in [7, 11) is 0. The first kappa shape index (κ1) is 14.1. The third-order valence-electron chi connectivity index (χ3n) is 2.72. The molecule has 0 fully saturated rings. The summed E-state index contributed by atoms with van der Waals surface area (Å²) in [5, 5.41) is 4.35. The summed E-state index contributed by atoms with van der Waals surface area (Å²) < 4.78 is 0. The van der Waals surface area contributed by atoms with Gasteiger partial charge >= 0.3 is 0 Å². The molecule has 0 aliphatic rings. The van der Waals surface area contributed by atoms with Crippen LogP contribution in [0.1, 0.15) is 21.5 Å². The Morgan fingerprint density at radius 2 is 1.95 bits per heavy atom. The van der Waals surface area contributed by atoms with Gasteiger partial charge in [-0.3, -0.25) is 4.79 Å². The van der Waals surface area contributed by atoms with Crippen LogP contribution in [-0.4, -0.2) is 12.1 Å². The molecule has 0 saturated carbocycles. The van der Waals surface area contributed by atoms with Crippen LogP contribution < -0.4 is 11.2 Å². The second-order valence-corrected chi connectivity index (χ2v) is 4.78. The standard InChI is InChI=1S/C15H14ClN3O/c1-10-2-4-11(5-3-10)9-18-19-15(20)13-8-12(16)6-7-14(13)17/h2-9H,17H2,1H3,(H,19,20). The lowest BCUT2D eigenvalue weighted by Crippen LogP contribution is -2.19. The largest absolute Gasteiger partial charge is 0.398 e. The van der Waals surface area contributed by atoms with Crippen molar-refractivity contribution in [2.45, 2.75) is 6.92 Å². The molecule has 0 aliphatic carbocycles. The molecule has 3 N–H and O–H groups in total. The van der Waals surface area contributed by atoms with Crippen LogP contribution in [0.15, 0.2) is 47.6 Å². The van der Waals surface area contributed by atoms with E-state index < -0.39 is 5.91 Å². The summed E-state index contributed by atoms with van der Waals surface area (Å²) in [5.74, 6) is -0.395. The van der Waals surface area contributed by atoms with Crippen LogP contribution in [0.5, 0.6) is 0 Å². The molecule has 0 bridgehead atoms. The molecule has 0 aliphatic heterocycles. The zero-order chi connectivity index (χ0) is 14.5. The van der Waals surface area contributed by atoms with Gasteiger partial charge in [-0.15, -0.1) is 0 Å². The normalized spacial score (nSPS) is 10.7. The molecular weight excluding hydrogens is 274 g/mol. The Kier molecular flexibility index (Phi) is 4.38. The van der Waals surface area contributed by atoms with Gasteiger partial charge in [0.05, 0.1) is 11.8 Å². The summed E-state index contributed by atoms with van der Waals surface area (Å²) in [5.41, 5.74) is 10.9. The highest BCUT2D eigenvalue weighted by Crippen LogP contribution is 2.17. The molecule has 102 valence electrons. The lowest BCUT2D eigenvalue weighted by molar-refractivity contribution is 0.0956. The second kappa shape index (κ2) is 6.21. The van der Waals surface area contributed by atoms with Gasteiger partial charge in [-0.1, -0.05) is 41.4 Å². The van der Waals surface area contributed by atoms with E-state index in [4.69, 9.17) is 17.3 Å². The lowest BCUT2D eigenvalue weighted by atomic mass is 10.2. The van der Waals surface area contributed by atoms with E-state index >= 15 is 0 Å². The first-order valence-corrected chi connectivity index (χ1v) is 6.39. The van der Waals surface area contributed by atoms with Crippen molar-refractivity contribution in [3.05, 3.63) is 64.2 Å². The number of aryl methyl sites for hydroxylation is 1. The van der Waals surface area contributed by atoms with Crippen LogP contribution in [0.4, 0.5) is 5.69 Å². The minimum Gasteiger partial charge on any atom is -0.398 e. The fourth-order valence-electron chi connectivity index (χ4n) is 1.60. The number of nitrogens with zero attached hydrogens (tertiary/aromatic N) is 1. The van der Waals surface area contributed by atoms with Gasteiger partial charge in [0, 0.05) is 10.7 Å². The molecule has 0 radical (unpaired) electrons. The summed E-state index contributed by atoms with van der Waals surface area (Å²) in [6.07, 6.45) is 1.57. The van der Waals surface area contributed by atoms with Crippen molar-refractivity contribution in [2.75, 3.05) is 5.73 Å². The van der Waals surface area contributed by atoms with Gasteiger partial charge in [0.15, 0.2) is 0 Å². The molecule has 0 unspecified atom stereocenters. The number of carbonyl (C=O) groups excluding carboxylic acids is 1. The van der Waals surface area contributed by atoms with E-state index in [1.54, 1.807) is 18.3 Å². The van der Waals surface area contributed by atoms with E-state index in [9.17, 15) is 4.79 Å². The number of amides is 1. The number of benzene rings is 2. The Morgan fingerprint density at radius 3 is 2.65 bits per heavy atom. The van der Waals surface area contributed by atoms with E-state index in [0.29, 0.717) is 16.3 Å². The fraction of sp³-hybridized carbons (Fsp3) is 0.0667. The molecule has 2 aromatic rings. The van der Waals surface area contributed by atoms with Crippen molar-refractivity contribution < 1.29 is 4.79 Å². The number of nitrogen functional groups attached to an aromatic ring is 1. The van der Waals surface area contributed by atoms with Crippen LogP contribution in [0.2, 0.25) is 5.02 Å². The van der Waals surface area contributed by atoms with E-state index in [2.05, 4.69) is 10.5 Å². The summed E-state index contributed by atoms with van der Waals surface area (Å²) in [6.45, 7) is 2.00. The van der Waals surface area contributed by atoms with E-state index in [0.717, 1.165) is 11.1 Å². The summed E-state index contributed by atoms with van der Waals surface area (Å²) >= 11 is 5.83. The van der Waals surface area contributed by atoms with Crippen LogP contribution in [-0.2, 0) is 0 Å². The average molecular weight is 288 g/mol. The third-order valence-corrected chi connectivity index (χ3v) is 2.95. The highest BCUT2D eigenvalue weighted by atomic mass is 35.5. The van der Waals surface area contributed by atoms with Crippen molar-refractivity contribution in [1.29, 1.82) is 0 Å². The minimum absolute atomic E-state index is 0.304. The van der Waals surface area contributed by atoms with Gasteiger partial charge in [-0.25, -0.2) is 5.43 Å². The molecule has 0 heterocycles. The SMILES string of the molecule is Cc1ccc(C=NNC(=O)c2cc(Cl)ccc2N)cc1. The van der Waals surface area contributed by atoms with E-state index in [1.807, 2.05) is 31.2 Å². The van der Waals surface area contributed by atoms with Crippen LogP contribution in [0.25, 0.3) is 0 Å². The summed E-state index contributed by atoms with van der Waals surface area (Å²) in [6, 6.07) is 12.5. The maximum absolute atomic E-state index is 11.9. The number of carbonyl (C=O) groups is 1. The number of hydrogen-bond acceptors (Lipinski definition) is 3. The van der Waals surface area contributed by atoms with E-state index in [-0.39, 0.29) is 0 Å². The zero-order valence-electron chi connectivity index (χ0n) is 10.9. The number of rotatable bonds is 3. The minimum atomic E-state index is -0.395. The molecule has 5 heteroatoms. The van der Waals surface area contributed by atoms with Crippen LogP contribution in [0.3, 0.4) is 0 Å². The van der Waals surface area contributed by atoms with Crippen LogP contribution in [0, 0.1) is 6.92 Å². The second-order valence-electron chi connectivity index (χ2n) is 4.34. The van der Waals surface area contributed by atoms with Crippen molar-refractivity contribution in [3.63, 3.8) is 0 Å². The number of halogens is 1. The van der Waals surface area contributed by atoms with Crippen molar-refractivity contribution in [2.24, 2.45) is 5.10 Å². The van der Waals surface area contributed by atoms with Crippen LogP contribution >= 0.6 is 11.6 Å². The lowest BCUT2D eigenvalue weighted by Gasteiger charge is -2.04. The Balaban J connectivity index is 2.05. The Hall–Kier alpha value is -2.33. The Morgan fingerprint density at radius 1 is 1.25 bits per heavy atom. The molecule has 0 atom stereocenters. The fourth-order valence-corrected chi connectivity index (χ4v) is 1.78. The molecular formula is C15H14ClN3O. The number of hydrogen-bond donors (Lipinski definition) is 2. The first-order valence-electron chi connectivity index (χ1n) is 6.01. The van der Waals surface area contributed by atoms with Crippen molar-refractivity contribution >= 4 is 29.4 Å². The monoisotopic (exact) mass is 287 g/mol. The number of anilines is 1. The van der Waals surface area contributed by atoms with Gasteiger partial charge in [-0.05, 0) is 30.7 Å². The number of nitrogens with two attached hydrogens (primary N) is 1. The topological polar surface area (TPSA) is 67.5 Å². The van der Waals surface area contributed by atoms with Crippen molar-refractivity contribution in [1.82, 2.24) is 5.43 Å². The highest BCUT2D eigenvalue weighted by Gasteiger charge is 2.09. The number of nitrogens with one attached hydrogen (secondary N) is 1. The molecule has 0 saturated heterocycles. The molecule has 0 spiro atoms. The Labute approximate surface area is 122 Å². The highest BCUT2D eigenvalue weighted by molar-refractivity contribution is 6.31. The predicted molar refractivity (Wildman–Crippen MR) is 82.1 cm³/mol. The summed E-state index contributed by atoms with van der Waals surface area (Å²) in [4.78, 5) is 11.9. The molecule has 4 nitrogen and oxygen atoms in total. The maximum atomic E-state index is 11.9. The quantitative estimate of drug-likeness (QED) is 0.518. The molecule has 2 aromatic carbocycles. The van der Waals surface area contributed by atoms with Crippen molar-refractivity contribution in [3.8, 4) is 0 Å². The van der Waals surface area contributed by atoms with E-state index in [1.165, 1.54) is 6.07 Å². The van der Waals surface area contributed by atoms with Gasteiger partial charge < -0.3 is 5.73 Å². The third kappa shape index (κ3) is 3.59. The molecule has 0 aromatic heterocycles. The van der Waals surface area contributed by atoms with Gasteiger partial charge in [0.1, 0.15) is 0 Å². The molecule has 1 amide bonds. The van der Waals surface area contributed by atoms with Gasteiger partial charge in [0.2, 0.25) is 0 Å². The molecule has 20 heavy (non-hydrogen) atoms. The maximum Gasteiger partial charge on any atom is 0.273 e. The molecule has 2 rings (SSSR count).